The number of fused-ring (bicyclic) bond motifs is 1. The molecule has 0 spiro atoms. The minimum absolute atomic E-state index is 0.0144. The lowest BCUT2D eigenvalue weighted by Gasteiger charge is -2.41. The maximum Gasteiger partial charge on any atom is 0.239 e. The van der Waals surface area contributed by atoms with Crippen molar-refractivity contribution in [2.45, 2.75) is 55.3 Å². The molecule has 2 aromatic carbocycles. The fourth-order valence-corrected chi connectivity index (χ4v) is 4.77. The molecule has 2 saturated heterocycles. The average molecular weight is 611 g/mol. The summed E-state index contributed by atoms with van der Waals surface area (Å²) in [6.45, 7) is -0.943. The number of aromatic hydroxyl groups is 3. The summed E-state index contributed by atoms with van der Waals surface area (Å²) in [7, 11) is 1.28. The molecule has 3 heterocycles. The molecule has 16 heteroatoms. The van der Waals surface area contributed by atoms with Crippen LogP contribution in [0.5, 0.6) is 28.7 Å². The number of benzene rings is 2. The topological polar surface area (TPSA) is 258 Å². The van der Waals surface area contributed by atoms with Gasteiger partial charge in [0, 0.05) is 17.7 Å². The molecule has 4 unspecified atom stereocenters. The number of methoxy groups -OCH3 is 1. The van der Waals surface area contributed by atoms with Gasteiger partial charge in [0.1, 0.15) is 65.2 Å². The zero-order chi connectivity index (χ0) is 31.2. The molecule has 1 aromatic heterocycles. The number of rotatable bonds is 7. The van der Waals surface area contributed by atoms with E-state index in [1.54, 1.807) is 0 Å². The molecule has 16 nitrogen and oxygen atoms in total. The van der Waals surface area contributed by atoms with Crippen LogP contribution in [0.4, 0.5) is 0 Å². The van der Waals surface area contributed by atoms with Gasteiger partial charge >= 0.3 is 0 Å². The third-order valence-corrected chi connectivity index (χ3v) is 7.14. The highest BCUT2D eigenvalue weighted by molar-refractivity contribution is 5.88. The van der Waals surface area contributed by atoms with Gasteiger partial charge in [-0.25, -0.2) is 0 Å². The van der Waals surface area contributed by atoms with E-state index in [1.165, 1.54) is 25.3 Å². The van der Waals surface area contributed by atoms with E-state index in [2.05, 4.69) is 0 Å². The highest BCUT2D eigenvalue weighted by atomic mass is 16.7. The number of phenols is 3. The van der Waals surface area contributed by atoms with Crippen molar-refractivity contribution in [2.24, 2.45) is 0 Å². The van der Waals surface area contributed by atoms with Gasteiger partial charge in [-0.15, -0.1) is 0 Å². The zero-order valence-corrected chi connectivity index (χ0v) is 22.4. The van der Waals surface area contributed by atoms with Gasteiger partial charge in [0.25, 0.3) is 0 Å². The summed E-state index contributed by atoms with van der Waals surface area (Å²) in [6, 6.07) is 5.83. The van der Waals surface area contributed by atoms with Gasteiger partial charge in [0.05, 0.1) is 20.3 Å². The standard InChI is InChI=1S/C27H30O16/c1-38-14-4-9(2-3-11(14)29)24-25(20(34)17-12(30)5-10(28)6-15(17)41-24)43-27-23(37)21(35)19(33)16(42-27)8-40-26-22(36)18(32)13(31)7-39-26/h2-6,13,16,18-19,21-23,26-33,35-37H,7-8H2,1H3/t13-,16?,18-,19-,21?,22?,23?,26-,27-/m0/s1. The van der Waals surface area contributed by atoms with E-state index in [9.17, 15) is 50.8 Å². The van der Waals surface area contributed by atoms with E-state index in [0.29, 0.717) is 0 Å². The average Bonchev–Trinajstić information content (AvgIpc) is 2.97. The maximum absolute atomic E-state index is 13.6. The van der Waals surface area contributed by atoms with E-state index >= 15 is 0 Å². The molecule has 43 heavy (non-hydrogen) atoms. The van der Waals surface area contributed by atoms with Gasteiger partial charge in [-0.2, -0.15) is 0 Å². The Morgan fingerprint density at radius 2 is 1.58 bits per heavy atom. The van der Waals surface area contributed by atoms with Crippen molar-refractivity contribution in [2.75, 3.05) is 20.3 Å². The molecule has 0 bridgehead atoms. The smallest absolute Gasteiger partial charge is 0.239 e. The van der Waals surface area contributed by atoms with Crippen LogP contribution in [0.25, 0.3) is 22.3 Å². The van der Waals surface area contributed by atoms with Crippen molar-refractivity contribution in [1.29, 1.82) is 0 Å². The quantitative estimate of drug-likeness (QED) is 0.143. The Bertz CT molecular complexity index is 1520. The summed E-state index contributed by atoms with van der Waals surface area (Å²) in [6.07, 6.45) is -14.9. The predicted octanol–water partition coefficient (Wildman–Crippen LogP) is -1.77. The molecule has 0 amide bonds. The second kappa shape index (κ2) is 12.1. The molecule has 3 aromatic rings. The lowest BCUT2D eigenvalue weighted by Crippen LogP contribution is -2.61. The van der Waals surface area contributed by atoms with Crippen LogP contribution in [0.15, 0.2) is 39.5 Å². The molecule has 2 aliphatic rings. The summed E-state index contributed by atoms with van der Waals surface area (Å²) in [5, 5.41) is 91.3. The molecule has 9 N–H and O–H groups in total. The third kappa shape index (κ3) is 5.79. The Hall–Kier alpha value is -3.71. The van der Waals surface area contributed by atoms with Crippen LogP contribution in [0, 0.1) is 0 Å². The van der Waals surface area contributed by atoms with Crippen molar-refractivity contribution in [3.63, 3.8) is 0 Å². The maximum atomic E-state index is 13.6. The lowest BCUT2D eigenvalue weighted by molar-refractivity contribution is -0.307. The van der Waals surface area contributed by atoms with Crippen molar-refractivity contribution in [1.82, 2.24) is 0 Å². The monoisotopic (exact) mass is 610 g/mol. The minimum atomic E-state index is -1.94. The van der Waals surface area contributed by atoms with Crippen molar-refractivity contribution in [3.05, 3.63) is 40.6 Å². The van der Waals surface area contributed by atoms with Gasteiger partial charge < -0.3 is 74.1 Å². The van der Waals surface area contributed by atoms with Gasteiger partial charge in [-0.1, -0.05) is 0 Å². The van der Waals surface area contributed by atoms with Crippen LogP contribution >= 0.6 is 0 Å². The molecular formula is C27H30O16. The molecule has 5 rings (SSSR count). The number of aliphatic hydroxyl groups is 6. The fourth-order valence-electron chi connectivity index (χ4n) is 4.77. The predicted molar refractivity (Wildman–Crippen MR) is 140 cm³/mol. The van der Waals surface area contributed by atoms with E-state index in [1.807, 2.05) is 0 Å². The molecule has 2 fully saturated rings. The Kier molecular flexibility index (Phi) is 8.66. The summed E-state index contributed by atoms with van der Waals surface area (Å²) in [5.41, 5.74) is -1.11. The van der Waals surface area contributed by atoms with Crippen molar-refractivity contribution >= 4 is 11.0 Å². The van der Waals surface area contributed by atoms with Crippen LogP contribution in [-0.2, 0) is 14.2 Å². The second-order valence-electron chi connectivity index (χ2n) is 10.0. The molecular weight excluding hydrogens is 580 g/mol. The molecule has 0 radical (unpaired) electrons. The lowest BCUT2D eigenvalue weighted by atomic mass is 9.99. The summed E-state index contributed by atoms with van der Waals surface area (Å²) in [5.74, 6) is -2.27. The number of aliphatic hydroxyl groups excluding tert-OH is 6. The number of hydrogen-bond acceptors (Lipinski definition) is 16. The number of hydrogen-bond donors (Lipinski definition) is 9. The SMILES string of the molecule is COc1cc(-c2oc3cc(O)cc(O)c3c(=O)c2O[C@@H]2OC(CO[C@@H]3OC[C@H](O)[C@H](O)C3O)[C@H](O)C(O)C2O)ccc1O. The van der Waals surface area contributed by atoms with Gasteiger partial charge in [-0.3, -0.25) is 4.79 Å². The van der Waals surface area contributed by atoms with Crippen LogP contribution in [-0.4, -0.2) is 122 Å². The molecule has 0 saturated carbocycles. The molecule has 0 aliphatic carbocycles. The first-order valence-electron chi connectivity index (χ1n) is 12.9. The molecule has 9 atom stereocenters. The summed E-state index contributed by atoms with van der Waals surface area (Å²) >= 11 is 0. The zero-order valence-electron chi connectivity index (χ0n) is 22.4. The first kappa shape index (κ1) is 30.7. The van der Waals surface area contributed by atoms with Crippen molar-refractivity contribution in [3.8, 4) is 40.1 Å². The number of ether oxygens (including phenoxy) is 5. The Morgan fingerprint density at radius 3 is 2.30 bits per heavy atom. The van der Waals surface area contributed by atoms with Crippen LogP contribution in [0.3, 0.4) is 0 Å². The second-order valence-corrected chi connectivity index (χ2v) is 10.0. The first-order chi connectivity index (χ1) is 20.4. The van der Waals surface area contributed by atoms with Crippen LogP contribution < -0.4 is 14.9 Å². The highest BCUT2D eigenvalue weighted by Crippen LogP contribution is 2.39. The van der Waals surface area contributed by atoms with Gasteiger partial charge in [-0.05, 0) is 18.2 Å². The van der Waals surface area contributed by atoms with Crippen molar-refractivity contribution < 1.29 is 74.1 Å². The normalized spacial score (nSPS) is 31.2. The first-order valence-corrected chi connectivity index (χ1v) is 12.9. The Labute approximate surface area is 241 Å². The minimum Gasteiger partial charge on any atom is -0.508 e. The van der Waals surface area contributed by atoms with Crippen LogP contribution in [0.2, 0.25) is 0 Å². The molecule has 2 aliphatic heterocycles. The van der Waals surface area contributed by atoms with Gasteiger partial charge in [0.2, 0.25) is 17.5 Å². The van der Waals surface area contributed by atoms with E-state index in [-0.39, 0.29) is 35.0 Å². The van der Waals surface area contributed by atoms with E-state index in [0.717, 1.165) is 12.1 Å². The van der Waals surface area contributed by atoms with Gasteiger partial charge in [0.15, 0.2) is 23.5 Å². The van der Waals surface area contributed by atoms with E-state index < -0.39 is 90.0 Å². The molecule has 234 valence electrons. The fraction of sp³-hybridized carbons (Fsp3) is 0.444. The van der Waals surface area contributed by atoms with E-state index in [4.69, 9.17) is 28.1 Å². The third-order valence-electron chi connectivity index (χ3n) is 7.14. The Morgan fingerprint density at radius 1 is 0.860 bits per heavy atom. The Balaban J connectivity index is 1.49. The number of phenolic OH excluding ortho intramolecular Hbond substituents is 3. The largest absolute Gasteiger partial charge is 0.508 e. The summed E-state index contributed by atoms with van der Waals surface area (Å²) < 4.78 is 32.9. The van der Waals surface area contributed by atoms with Crippen LogP contribution in [0.1, 0.15) is 0 Å². The highest BCUT2D eigenvalue weighted by Gasteiger charge is 2.47. The summed E-state index contributed by atoms with van der Waals surface area (Å²) in [4.78, 5) is 13.6.